The number of carbonyl (C=O) groups is 1. The number of likely N-dealkylation sites (tertiary alicyclic amines) is 1. The first-order valence-corrected chi connectivity index (χ1v) is 9.13. The van der Waals surface area contributed by atoms with Crippen molar-refractivity contribution in [3.63, 3.8) is 0 Å². The summed E-state index contributed by atoms with van der Waals surface area (Å²) in [7, 11) is 3.71. The maximum absolute atomic E-state index is 12.5. The lowest BCUT2D eigenvalue weighted by atomic mass is 9.97. The summed E-state index contributed by atoms with van der Waals surface area (Å²) < 4.78 is 13.7. The first-order chi connectivity index (χ1) is 12.5. The Kier molecular flexibility index (Phi) is 4.46. The molecule has 0 bridgehead atoms. The van der Waals surface area contributed by atoms with Gasteiger partial charge in [0.15, 0.2) is 0 Å². The largest absolute Gasteiger partial charge is 0.377 e. The van der Waals surface area contributed by atoms with Gasteiger partial charge in [0.1, 0.15) is 11.4 Å². The highest BCUT2D eigenvalue weighted by atomic mass is 16.6. The van der Waals surface area contributed by atoms with E-state index in [9.17, 15) is 4.79 Å². The Hall–Kier alpha value is -1.96. The smallest absolute Gasteiger partial charge is 0.238 e. The van der Waals surface area contributed by atoms with Crippen LogP contribution in [0.3, 0.4) is 0 Å². The topological polar surface area (TPSA) is 68.6 Å². The van der Waals surface area contributed by atoms with E-state index in [-0.39, 0.29) is 17.6 Å². The van der Waals surface area contributed by atoms with Crippen molar-refractivity contribution < 1.29 is 14.3 Å². The highest BCUT2D eigenvalue weighted by Crippen LogP contribution is 2.36. The molecule has 3 heterocycles. The quantitative estimate of drug-likeness (QED) is 0.901. The van der Waals surface area contributed by atoms with Gasteiger partial charge in [0, 0.05) is 39.5 Å². The molecule has 7 nitrogen and oxygen atoms in total. The molecule has 0 unspecified atom stereocenters. The molecule has 1 spiro atoms. The Morgan fingerprint density at radius 2 is 2.35 bits per heavy atom. The van der Waals surface area contributed by atoms with Crippen LogP contribution in [0.15, 0.2) is 18.2 Å². The van der Waals surface area contributed by atoms with Gasteiger partial charge in [0.25, 0.3) is 0 Å². The van der Waals surface area contributed by atoms with Crippen LogP contribution in [0.2, 0.25) is 0 Å². The maximum Gasteiger partial charge on any atom is 0.238 e. The van der Waals surface area contributed by atoms with Crippen molar-refractivity contribution in [3.8, 4) is 0 Å². The van der Waals surface area contributed by atoms with E-state index in [1.54, 1.807) is 7.11 Å². The van der Waals surface area contributed by atoms with Gasteiger partial charge < -0.3 is 19.4 Å². The summed E-state index contributed by atoms with van der Waals surface area (Å²) in [5, 5.41) is 2.99. The van der Waals surface area contributed by atoms with Crippen LogP contribution in [0.4, 0.5) is 5.69 Å². The van der Waals surface area contributed by atoms with Gasteiger partial charge in [-0.25, -0.2) is 4.98 Å². The number of nitrogens with zero attached hydrogens (tertiary/aromatic N) is 3. The third-order valence-corrected chi connectivity index (χ3v) is 5.68. The molecule has 1 aromatic carbocycles. The summed E-state index contributed by atoms with van der Waals surface area (Å²) >= 11 is 0. The van der Waals surface area contributed by atoms with Crippen molar-refractivity contribution in [2.75, 3.05) is 38.7 Å². The monoisotopic (exact) mass is 358 g/mol. The molecule has 1 amide bonds. The zero-order valence-electron chi connectivity index (χ0n) is 15.6. The highest BCUT2D eigenvalue weighted by molar-refractivity contribution is 5.94. The SMILES string of the molecule is CO[C@@H]1CN(CC(=O)Nc2ccc3c(c2)nc(C)n3C)C[C@]12CCCO2. The molecule has 0 saturated carbocycles. The lowest BCUT2D eigenvalue weighted by Crippen LogP contribution is -2.42. The number of carbonyl (C=O) groups excluding carboxylic acids is 1. The van der Waals surface area contributed by atoms with Crippen molar-refractivity contribution in [1.29, 1.82) is 0 Å². The second-order valence-corrected chi connectivity index (χ2v) is 7.38. The number of fused-ring (bicyclic) bond motifs is 1. The number of methoxy groups -OCH3 is 1. The summed E-state index contributed by atoms with van der Waals surface area (Å²) in [4.78, 5) is 19.2. The third-order valence-electron chi connectivity index (χ3n) is 5.68. The van der Waals surface area contributed by atoms with Crippen LogP contribution in [-0.4, -0.2) is 65.4 Å². The number of ether oxygens (including phenoxy) is 2. The van der Waals surface area contributed by atoms with Gasteiger partial charge in [-0.2, -0.15) is 0 Å². The van der Waals surface area contributed by atoms with Crippen LogP contribution in [0, 0.1) is 6.92 Å². The third kappa shape index (κ3) is 3.00. The van der Waals surface area contributed by atoms with Gasteiger partial charge in [-0.1, -0.05) is 0 Å². The second-order valence-electron chi connectivity index (χ2n) is 7.38. The van der Waals surface area contributed by atoms with E-state index in [2.05, 4.69) is 15.2 Å². The molecule has 2 aliphatic rings. The number of nitrogens with one attached hydrogen (secondary N) is 1. The first kappa shape index (κ1) is 17.5. The van der Waals surface area contributed by atoms with Crippen LogP contribution in [0.5, 0.6) is 0 Å². The van der Waals surface area contributed by atoms with Crippen molar-refractivity contribution in [2.45, 2.75) is 31.5 Å². The van der Waals surface area contributed by atoms with E-state index in [1.165, 1.54) is 0 Å². The molecule has 0 radical (unpaired) electrons. The van der Waals surface area contributed by atoms with Crippen molar-refractivity contribution in [2.24, 2.45) is 7.05 Å². The molecule has 0 aliphatic carbocycles. The van der Waals surface area contributed by atoms with Crippen LogP contribution >= 0.6 is 0 Å². The molecule has 7 heteroatoms. The Morgan fingerprint density at radius 1 is 1.50 bits per heavy atom. The number of hydrogen-bond donors (Lipinski definition) is 1. The first-order valence-electron chi connectivity index (χ1n) is 9.13. The molecule has 4 rings (SSSR count). The fourth-order valence-electron chi connectivity index (χ4n) is 4.25. The van der Waals surface area contributed by atoms with Gasteiger partial charge in [-0.05, 0) is 38.0 Å². The Labute approximate surface area is 153 Å². The number of rotatable bonds is 4. The minimum atomic E-state index is -0.237. The molecule has 2 aliphatic heterocycles. The molecule has 1 aromatic heterocycles. The van der Waals surface area contributed by atoms with E-state index in [4.69, 9.17) is 9.47 Å². The Morgan fingerprint density at radius 3 is 3.08 bits per heavy atom. The zero-order valence-corrected chi connectivity index (χ0v) is 15.6. The fourth-order valence-corrected chi connectivity index (χ4v) is 4.25. The standard InChI is InChI=1S/C19H26N4O3/c1-13-20-15-9-14(5-6-16(15)22(13)2)21-18(24)11-23-10-17(25-3)19(12-23)7-4-8-26-19/h5-6,9,17H,4,7-8,10-12H2,1-3H3,(H,21,24)/t17-,19-/m1/s1. The van der Waals surface area contributed by atoms with Crippen LogP contribution in [0.1, 0.15) is 18.7 Å². The van der Waals surface area contributed by atoms with Gasteiger partial charge >= 0.3 is 0 Å². The number of aryl methyl sites for hydroxylation is 2. The number of hydrogen-bond acceptors (Lipinski definition) is 5. The van der Waals surface area contributed by atoms with E-state index in [0.29, 0.717) is 6.54 Å². The zero-order chi connectivity index (χ0) is 18.3. The summed E-state index contributed by atoms with van der Waals surface area (Å²) in [6, 6.07) is 5.83. The molecule has 2 saturated heterocycles. The van der Waals surface area contributed by atoms with Crippen molar-refractivity contribution in [1.82, 2.24) is 14.5 Å². The maximum atomic E-state index is 12.5. The van der Waals surface area contributed by atoms with Gasteiger partial charge in [-0.3, -0.25) is 9.69 Å². The summed E-state index contributed by atoms with van der Waals surface area (Å²) in [6.07, 6.45) is 2.09. The van der Waals surface area contributed by atoms with Crippen molar-refractivity contribution in [3.05, 3.63) is 24.0 Å². The Bertz CT molecular complexity index is 826. The molecule has 2 fully saturated rings. The minimum Gasteiger partial charge on any atom is -0.377 e. The van der Waals surface area contributed by atoms with Gasteiger partial charge in [0.2, 0.25) is 5.91 Å². The number of anilines is 1. The average molecular weight is 358 g/mol. The lowest BCUT2D eigenvalue weighted by molar-refractivity contribution is -0.117. The molecule has 2 aromatic rings. The molecule has 140 valence electrons. The van der Waals surface area contributed by atoms with Crippen LogP contribution in [0.25, 0.3) is 11.0 Å². The Balaban J connectivity index is 1.41. The van der Waals surface area contributed by atoms with E-state index in [0.717, 1.165) is 55.1 Å². The van der Waals surface area contributed by atoms with Crippen molar-refractivity contribution >= 4 is 22.6 Å². The van der Waals surface area contributed by atoms with Gasteiger partial charge in [-0.15, -0.1) is 0 Å². The lowest BCUT2D eigenvalue weighted by Gasteiger charge is -2.28. The van der Waals surface area contributed by atoms with Crippen LogP contribution < -0.4 is 5.32 Å². The fraction of sp³-hybridized carbons (Fsp3) is 0.579. The second kappa shape index (κ2) is 6.64. The number of benzene rings is 1. The molecular weight excluding hydrogens is 332 g/mol. The van der Waals surface area contributed by atoms with E-state index in [1.807, 2.05) is 36.7 Å². The number of aromatic nitrogens is 2. The van der Waals surface area contributed by atoms with E-state index >= 15 is 0 Å². The average Bonchev–Trinajstić information content (AvgIpc) is 3.28. The summed E-state index contributed by atoms with van der Waals surface area (Å²) in [6.45, 7) is 4.56. The minimum absolute atomic E-state index is 0.0260. The summed E-state index contributed by atoms with van der Waals surface area (Å²) in [5.74, 6) is 0.926. The number of amides is 1. The normalized spacial score (nSPS) is 26.2. The molecular formula is C19H26N4O3. The summed E-state index contributed by atoms with van der Waals surface area (Å²) in [5.41, 5.74) is 2.49. The predicted molar refractivity (Wildman–Crippen MR) is 99.2 cm³/mol. The van der Waals surface area contributed by atoms with Gasteiger partial charge in [0.05, 0.1) is 23.7 Å². The predicted octanol–water partition coefficient (Wildman–Crippen LogP) is 1.70. The number of imidazole rings is 1. The molecule has 2 atom stereocenters. The van der Waals surface area contributed by atoms with Crippen LogP contribution in [-0.2, 0) is 21.3 Å². The molecule has 26 heavy (non-hydrogen) atoms. The molecule has 1 N–H and O–H groups in total. The van der Waals surface area contributed by atoms with E-state index < -0.39 is 0 Å². The highest BCUT2D eigenvalue weighted by Gasteiger charge is 2.50.